The molecule has 1 aliphatic heterocycles. The van der Waals surface area contributed by atoms with Crippen molar-refractivity contribution in [1.82, 2.24) is 4.57 Å². The highest BCUT2D eigenvalue weighted by Crippen LogP contribution is 2.24. The van der Waals surface area contributed by atoms with Crippen molar-refractivity contribution in [1.29, 1.82) is 0 Å². The van der Waals surface area contributed by atoms with Gasteiger partial charge >= 0.3 is 0 Å². The van der Waals surface area contributed by atoms with E-state index in [1.807, 2.05) is 0 Å². The van der Waals surface area contributed by atoms with Crippen LogP contribution < -0.4 is 16.9 Å². The fraction of sp³-hybridized carbons (Fsp3) is 0.316. The number of hydrogen-bond acceptors (Lipinski definition) is 4. The molecule has 142 valence electrons. The van der Waals surface area contributed by atoms with Crippen LogP contribution in [0.2, 0.25) is 0 Å². The maximum absolute atomic E-state index is 13.3. The van der Waals surface area contributed by atoms with E-state index in [1.54, 1.807) is 0 Å². The van der Waals surface area contributed by atoms with Crippen LogP contribution in [-0.2, 0) is 11.3 Å². The first kappa shape index (κ1) is 18.8. The average Bonchev–Trinajstić information content (AvgIpc) is 2.64. The lowest BCUT2D eigenvalue weighted by molar-refractivity contribution is 0.0608. The molecule has 7 nitrogen and oxygen atoms in total. The Hall–Kier alpha value is -3.00. The molecule has 0 bridgehead atoms. The van der Waals surface area contributed by atoms with Crippen LogP contribution in [0.5, 0.6) is 0 Å². The molecule has 1 saturated heterocycles. The summed E-state index contributed by atoms with van der Waals surface area (Å²) in [5.41, 5.74) is 10.2. The van der Waals surface area contributed by atoms with Crippen LogP contribution in [-0.4, -0.2) is 29.6 Å². The van der Waals surface area contributed by atoms with E-state index >= 15 is 0 Å². The first-order chi connectivity index (χ1) is 12.9. The number of ether oxygens (including phenoxy) is 1. The maximum atomic E-state index is 13.3. The lowest BCUT2D eigenvalue weighted by Gasteiger charge is -2.25. The number of hydrogen-bond donors (Lipinski definition) is 2. The minimum atomic E-state index is -0.903. The van der Waals surface area contributed by atoms with Crippen molar-refractivity contribution in [3.63, 3.8) is 0 Å². The van der Waals surface area contributed by atoms with Crippen LogP contribution in [0.1, 0.15) is 33.7 Å². The minimum Gasteiger partial charge on any atom is -0.381 e. The third-order valence-electron chi connectivity index (χ3n) is 4.71. The number of aromatic nitrogens is 1. The second-order valence-corrected chi connectivity index (χ2v) is 6.54. The third kappa shape index (κ3) is 3.90. The number of carbonyl (C=O) groups excluding carboxylic acids is 2. The van der Waals surface area contributed by atoms with Gasteiger partial charge in [-0.1, -0.05) is 12.1 Å². The van der Waals surface area contributed by atoms with E-state index in [1.165, 1.54) is 35.0 Å². The first-order valence-electron chi connectivity index (χ1n) is 8.59. The van der Waals surface area contributed by atoms with Crippen molar-refractivity contribution in [2.75, 3.05) is 13.2 Å². The second-order valence-electron chi connectivity index (χ2n) is 6.54. The summed E-state index contributed by atoms with van der Waals surface area (Å²) in [7, 11) is 0. The zero-order valence-electron chi connectivity index (χ0n) is 14.6. The maximum Gasteiger partial charge on any atom is 0.266 e. The van der Waals surface area contributed by atoms with Crippen molar-refractivity contribution >= 4 is 11.8 Å². The third-order valence-corrected chi connectivity index (χ3v) is 4.71. The summed E-state index contributed by atoms with van der Waals surface area (Å²) in [6, 6.07) is 5.06. The number of nitrogens with two attached hydrogens (primary N) is 2. The molecule has 2 heterocycles. The summed E-state index contributed by atoms with van der Waals surface area (Å²) in [6.07, 6.45) is 2.84. The molecule has 1 aliphatic rings. The Morgan fingerprint density at radius 3 is 2.30 bits per heavy atom. The topological polar surface area (TPSA) is 117 Å². The molecule has 1 aromatic heterocycles. The molecule has 2 amide bonds. The van der Waals surface area contributed by atoms with Crippen LogP contribution in [0, 0.1) is 11.7 Å². The quantitative estimate of drug-likeness (QED) is 0.821. The van der Waals surface area contributed by atoms with Gasteiger partial charge in [0.1, 0.15) is 17.1 Å². The Kier molecular flexibility index (Phi) is 5.36. The van der Waals surface area contributed by atoms with Crippen molar-refractivity contribution < 1.29 is 18.7 Å². The zero-order valence-corrected chi connectivity index (χ0v) is 14.6. The SMILES string of the molecule is NC(=O)c1cn(CC2CCOCC2)c(C(N)=O)c(-c2ccc(F)cc2)c1=O. The first-order valence-corrected chi connectivity index (χ1v) is 8.59. The Morgan fingerprint density at radius 2 is 1.74 bits per heavy atom. The molecule has 0 spiro atoms. The zero-order chi connectivity index (χ0) is 19.6. The normalized spacial score (nSPS) is 14.9. The van der Waals surface area contributed by atoms with E-state index in [2.05, 4.69) is 0 Å². The number of rotatable bonds is 5. The van der Waals surface area contributed by atoms with E-state index in [9.17, 15) is 18.8 Å². The van der Waals surface area contributed by atoms with Crippen molar-refractivity contribution in [3.8, 4) is 11.1 Å². The molecule has 0 atom stereocenters. The second kappa shape index (κ2) is 7.71. The van der Waals surface area contributed by atoms with Gasteiger partial charge in [-0.2, -0.15) is 0 Å². The summed E-state index contributed by atoms with van der Waals surface area (Å²) in [4.78, 5) is 36.8. The lowest BCUT2D eigenvalue weighted by atomic mass is 9.97. The highest BCUT2D eigenvalue weighted by molar-refractivity contribution is 6.01. The van der Waals surface area contributed by atoms with Gasteiger partial charge in [-0.3, -0.25) is 14.4 Å². The highest BCUT2D eigenvalue weighted by Gasteiger charge is 2.25. The van der Waals surface area contributed by atoms with Crippen LogP contribution in [0.15, 0.2) is 35.3 Å². The molecular weight excluding hydrogens is 353 g/mol. The van der Waals surface area contributed by atoms with Crippen molar-refractivity contribution in [3.05, 3.63) is 57.8 Å². The number of amides is 2. The Bertz CT molecular complexity index is 931. The molecular formula is C19H20FN3O4. The molecule has 27 heavy (non-hydrogen) atoms. The molecule has 1 fully saturated rings. The number of nitrogens with zero attached hydrogens (tertiary/aromatic N) is 1. The van der Waals surface area contributed by atoms with Gasteiger partial charge in [0.15, 0.2) is 0 Å². The molecule has 2 aromatic rings. The van der Waals surface area contributed by atoms with Gasteiger partial charge in [0.05, 0.1) is 5.56 Å². The minimum absolute atomic E-state index is 0.0249. The van der Waals surface area contributed by atoms with Crippen molar-refractivity contribution in [2.24, 2.45) is 17.4 Å². The number of pyridine rings is 1. The predicted molar refractivity (Wildman–Crippen MR) is 96.7 cm³/mol. The molecule has 8 heteroatoms. The van der Waals surface area contributed by atoms with E-state index in [0.29, 0.717) is 25.3 Å². The fourth-order valence-electron chi connectivity index (χ4n) is 3.34. The van der Waals surface area contributed by atoms with E-state index in [0.717, 1.165) is 12.8 Å². The summed E-state index contributed by atoms with van der Waals surface area (Å²) in [5, 5.41) is 0. The Balaban J connectivity index is 2.22. The van der Waals surface area contributed by atoms with Gasteiger partial charge in [0.2, 0.25) is 5.43 Å². The molecule has 0 radical (unpaired) electrons. The van der Waals surface area contributed by atoms with Crippen LogP contribution in [0.25, 0.3) is 11.1 Å². The number of primary amides is 2. The van der Waals surface area contributed by atoms with Crippen LogP contribution in [0.4, 0.5) is 4.39 Å². The number of halogens is 1. The van der Waals surface area contributed by atoms with Gasteiger partial charge in [0, 0.05) is 26.0 Å². The summed E-state index contributed by atoms with van der Waals surface area (Å²) in [5.74, 6) is -2.01. The van der Waals surface area contributed by atoms with E-state index in [-0.39, 0.29) is 22.7 Å². The van der Waals surface area contributed by atoms with E-state index in [4.69, 9.17) is 16.2 Å². The van der Waals surface area contributed by atoms with E-state index < -0.39 is 23.1 Å². The summed E-state index contributed by atoms with van der Waals surface area (Å²) >= 11 is 0. The average molecular weight is 373 g/mol. The smallest absolute Gasteiger partial charge is 0.266 e. The predicted octanol–water partition coefficient (Wildman–Crippen LogP) is 1.28. The largest absolute Gasteiger partial charge is 0.381 e. The molecule has 3 rings (SSSR count). The summed E-state index contributed by atoms with van der Waals surface area (Å²) in [6.45, 7) is 1.59. The van der Waals surface area contributed by atoms with Gasteiger partial charge in [-0.25, -0.2) is 4.39 Å². The lowest BCUT2D eigenvalue weighted by Crippen LogP contribution is -2.32. The number of carbonyl (C=O) groups is 2. The van der Waals surface area contributed by atoms with Gasteiger partial charge in [0.25, 0.3) is 11.8 Å². The Morgan fingerprint density at radius 1 is 1.11 bits per heavy atom. The summed E-state index contributed by atoms with van der Waals surface area (Å²) < 4.78 is 20.1. The molecule has 0 saturated carbocycles. The monoisotopic (exact) mass is 373 g/mol. The highest BCUT2D eigenvalue weighted by atomic mass is 19.1. The molecule has 1 aromatic carbocycles. The van der Waals surface area contributed by atoms with Crippen LogP contribution >= 0.6 is 0 Å². The van der Waals surface area contributed by atoms with Gasteiger partial charge in [-0.05, 0) is 36.5 Å². The molecule has 4 N–H and O–H groups in total. The fourth-order valence-corrected chi connectivity index (χ4v) is 3.34. The Labute approximate surface area is 154 Å². The molecule has 0 unspecified atom stereocenters. The molecule has 0 aliphatic carbocycles. The standard InChI is InChI=1S/C19H20FN3O4/c20-13-3-1-12(2-4-13)15-16(19(22)26)23(9-11-5-7-27-8-6-11)10-14(17(15)24)18(21)25/h1-4,10-11H,5-9H2,(H2,21,25)(H2,22,26). The van der Waals surface area contributed by atoms with Gasteiger partial charge < -0.3 is 20.8 Å². The van der Waals surface area contributed by atoms with Crippen molar-refractivity contribution in [2.45, 2.75) is 19.4 Å². The van der Waals surface area contributed by atoms with Gasteiger partial charge in [-0.15, -0.1) is 0 Å². The van der Waals surface area contributed by atoms with Crippen LogP contribution in [0.3, 0.4) is 0 Å². The number of benzene rings is 1.